The second-order valence-electron chi connectivity index (χ2n) is 5.95. The van der Waals surface area contributed by atoms with Crippen molar-refractivity contribution in [3.05, 3.63) is 41.2 Å². The fourth-order valence-electron chi connectivity index (χ4n) is 2.73. The molecule has 0 aliphatic carbocycles. The number of hydrogen-bond acceptors (Lipinski definition) is 5. The van der Waals surface area contributed by atoms with E-state index in [2.05, 4.69) is 15.6 Å². The fourth-order valence-corrected chi connectivity index (χ4v) is 3.64. The summed E-state index contributed by atoms with van der Waals surface area (Å²) in [5, 5.41) is 7.56. The number of ether oxygens (including phenoxy) is 1. The Morgan fingerprint density at radius 1 is 1.48 bits per heavy atom. The molecule has 3 aromatic rings. The first kappa shape index (κ1) is 15.6. The number of fused-ring (bicyclic) bond motifs is 2. The van der Waals surface area contributed by atoms with Gasteiger partial charge in [0.25, 0.3) is 5.91 Å². The van der Waals surface area contributed by atoms with Gasteiger partial charge in [0.1, 0.15) is 5.75 Å². The third-order valence-corrected chi connectivity index (χ3v) is 4.83. The van der Waals surface area contributed by atoms with Crippen molar-refractivity contribution in [1.82, 2.24) is 9.38 Å². The summed E-state index contributed by atoms with van der Waals surface area (Å²) < 4.78 is 7.44. The molecule has 8 heteroatoms. The van der Waals surface area contributed by atoms with Crippen LogP contribution in [0.3, 0.4) is 0 Å². The molecule has 1 aliphatic rings. The van der Waals surface area contributed by atoms with E-state index in [4.69, 9.17) is 4.74 Å². The van der Waals surface area contributed by atoms with Crippen LogP contribution in [-0.4, -0.2) is 27.3 Å². The number of hydrogen-bond donors (Lipinski definition) is 2. The molecule has 4 rings (SSSR count). The van der Waals surface area contributed by atoms with E-state index in [1.807, 2.05) is 22.9 Å². The van der Waals surface area contributed by atoms with E-state index in [9.17, 15) is 9.59 Å². The first-order valence-electron chi connectivity index (χ1n) is 7.83. The summed E-state index contributed by atoms with van der Waals surface area (Å²) in [7, 11) is 0. The highest BCUT2D eigenvalue weighted by molar-refractivity contribution is 7.15. The van der Waals surface area contributed by atoms with Crippen LogP contribution in [0.25, 0.3) is 4.96 Å². The number of nitrogens with zero attached hydrogens (tertiary/aromatic N) is 2. The van der Waals surface area contributed by atoms with Crippen LogP contribution in [0.4, 0.5) is 11.4 Å². The van der Waals surface area contributed by atoms with Gasteiger partial charge in [0.15, 0.2) is 11.1 Å². The van der Waals surface area contributed by atoms with Gasteiger partial charge in [-0.25, -0.2) is 4.98 Å². The number of rotatable bonds is 3. The van der Waals surface area contributed by atoms with Gasteiger partial charge in [-0.1, -0.05) is 0 Å². The molecule has 1 aromatic carbocycles. The minimum atomic E-state index is -0.521. The zero-order valence-corrected chi connectivity index (χ0v) is 14.5. The molecule has 1 unspecified atom stereocenters. The van der Waals surface area contributed by atoms with Crippen LogP contribution in [0.5, 0.6) is 5.75 Å². The maximum atomic E-state index is 12.4. The van der Waals surface area contributed by atoms with E-state index >= 15 is 0 Å². The van der Waals surface area contributed by atoms with Crippen LogP contribution in [0.2, 0.25) is 0 Å². The fraction of sp³-hybridized carbons (Fsp3) is 0.235. The Morgan fingerprint density at radius 3 is 3.16 bits per heavy atom. The van der Waals surface area contributed by atoms with Gasteiger partial charge in [-0.3, -0.25) is 14.0 Å². The summed E-state index contributed by atoms with van der Waals surface area (Å²) in [6.07, 6.45) is 1.64. The van der Waals surface area contributed by atoms with Gasteiger partial charge < -0.3 is 15.4 Å². The average molecular weight is 356 g/mol. The van der Waals surface area contributed by atoms with Crippen LogP contribution in [-0.2, 0) is 16.0 Å². The second-order valence-corrected chi connectivity index (χ2v) is 6.78. The molecule has 0 spiro atoms. The molecule has 0 saturated heterocycles. The second kappa shape index (κ2) is 5.89. The van der Waals surface area contributed by atoms with E-state index in [1.54, 1.807) is 25.1 Å². The first-order chi connectivity index (χ1) is 12.0. The van der Waals surface area contributed by atoms with Crippen LogP contribution >= 0.6 is 11.3 Å². The van der Waals surface area contributed by atoms with Crippen molar-refractivity contribution in [2.45, 2.75) is 26.4 Å². The normalized spacial score (nSPS) is 16.2. The summed E-state index contributed by atoms with van der Waals surface area (Å²) in [5.74, 6) is 0.257. The molecular formula is C17H16N4O3S. The Labute approximate surface area is 147 Å². The smallest absolute Gasteiger partial charge is 0.265 e. The maximum Gasteiger partial charge on any atom is 0.265 e. The summed E-state index contributed by atoms with van der Waals surface area (Å²) in [5.41, 5.74) is 2.98. The SMILES string of the molecule is Cc1cn2c(CC(=O)Nc3ccc4c(c3)NC(=O)C(C)O4)csc2n1. The van der Waals surface area contributed by atoms with Crippen molar-refractivity contribution in [3.63, 3.8) is 0 Å². The Morgan fingerprint density at radius 2 is 2.32 bits per heavy atom. The molecule has 7 nitrogen and oxygen atoms in total. The number of nitrogens with one attached hydrogen (secondary N) is 2. The van der Waals surface area contributed by atoms with Gasteiger partial charge in [0, 0.05) is 23.0 Å². The molecule has 2 amide bonds. The van der Waals surface area contributed by atoms with Gasteiger partial charge in [0.2, 0.25) is 5.91 Å². The highest BCUT2D eigenvalue weighted by Crippen LogP contribution is 2.32. The van der Waals surface area contributed by atoms with E-state index in [0.717, 1.165) is 16.3 Å². The number of thiazole rings is 1. The van der Waals surface area contributed by atoms with Crippen molar-refractivity contribution in [2.24, 2.45) is 0 Å². The molecule has 128 valence electrons. The number of amides is 2. The van der Waals surface area contributed by atoms with E-state index < -0.39 is 6.10 Å². The highest BCUT2D eigenvalue weighted by Gasteiger charge is 2.23. The van der Waals surface area contributed by atoms with Gasteiger partial charge in [-0.05, 0) is 32.0 Å². The molecule has 1 aliphatic heterocycles. The third-order valence-electron chi connectivity index (χ3n) is 3.94. The van der Waals surface area contributed by atoms with Gasteiger partial charge in [-0.15, -0.1) is 11.3 Å². The molecular weight excluding hydrogens is 340 g/mol. The summed E-state index contributed by atoms with van der Waals surface area (Å²) in [4.78, 5) is 29.3. The van der Waals surface area contributed by atoms with Crippen molar-refractivity contribution in [1.29, 1.82) is 0 Å². The number of benzene rings is 1. The van der Waals surface area contributed by atoms with E-state index in [0.29, 0.717) is 17.1 Å². The molecule has 2 N–H and O–H groups in total. The third kappa shape index (κ3) is 2.96. The van der Waals surface area contributed by atoms with E-state index in [-0.39, 0.29) is 18.2 Å². The summed E-state index contributed by atoms with van der Waals surface area (Å²) >= 11 is 1.51. The molecule has 0 radical (unpaired) electrons. The van der Waals surface area contributed by atoms with Crippen molar-refractivity contribution < 1.29 is 14.3 Å². The molecule has 1 atom stereocenters. The summed E-state index contributed by atoms with van der Waals surface area (Å²) in [6, 6.07) is 5.19. The quantitative estimate of drug-likeness (QED) is 0.755. The van der Waals surface area contributed by atoms with Gasteiger partial charge >= 0.3 is 0 Å². The number of imidazole rings is 1. The summed E-state index contributed by atoms with van der Waals surface area (Å²) in [6.45, 7) is 3.61. The number of carbonyl (C=O) groups is 2. The van der Waals surface area contributed by atoms with Crippen LogP contribution in [0.1, 0.15) is 18.3 Å². The topological polar surface area (TPSA) is 84.7 Å². The predicted octanol–water partition coefficient (Wildman–Crippen LogP) is 2.60. The van der Waals surface area contributed by atoms with Crippen LogP contribution in [0, 0.1) is 6.92 Å². The zero-order valence-electron chi connectivity index (χ0n) is 13.7. The maximum absolute atomic E-state index is 12.4. The Kier molecular flexibility index (Phi) is 3.69. The van der Waals surface area contributed by atoms with Crippen LogP contribution < -0.4 is 15.4 Å². The van der Waals surface area contributed by atoms with Crippen molar-refractivity contribution in [2.75, 3.05) is 10.6 Å². The number of aryl methyl sites for hydroxylation is 1. The molecule has 0 saturated carbocycles. The Bertz CT molecular complexity index is 991. The van der Waals surface area contributed by atoms with Crippen LogP contribution in [0.15, 0.2) is 29.8 Å². The Hall–Kier alpha value is -2.87. The number of anilines is 2. The average Bonchev–Trinajstić information content (AvgIpc) is 3.09. The molecule has 3 heterocycles. The van der Waals surface area contributed by atoms with Crippen molar-refractivity contribution >= 4 is 39.5 Å². The lowest BCUT2D eigenvalue weighted by molar-refractivity contribution is -0.122. The minimum Gasteiger partial charge on any atom is -0.479 e. The first-order valence-corrected chi connectivity index (χ1v) is 8.71. The largest absolute Gasteiger partial charge is 0.479 e. The minimum absolute atomic E-state index is 0.137. The lowest BCUT2D eigenvalue weighted by Gasteiger charge is -2.23. The van der Waals surface area contributed by atoms with Gasteiger partial charge in [-0.2, -0.15) is 0 Å². The molecule has 25 heavy (non-hydrogen) atoms. The highest BCUT2D eigenvalue weighted by atomic mass is 32.1. The number of aromatic nitrogens is 2. The predicted molar refractivity (Wildman–Crippen MR) is 95.3 cm³/mol. The molecule has 0 fully saturated rings. The lowest BCUT2D eigenvalue weighted by atomic mass is 10.2. The Balaban J connectivity index is 1.49. The van der Waals surface area contributed by atoms with Gasteiger partial charge in [0.05, 0.1) is 17.8 Å². The monoisotopic (exact) mass is 356 g/mol. The molecule has 2 aromatic heterocycles. The zero-order chi connectivity index (χ0) is 17.6. The standard InChI is InChI=1S/C17H16N4O3S/c1-9-7-21-12(8-25-17(21)18-9)6-15(22)19-11-3-4-14-13(5-11)20-16(23)10(2)24-14/h3-5,7-8,10H,6H2,1-2H3,(H,19,22)(H,20,23). The number of carbonyl (C=O) groups excluding carboxylic acids is 2. The van der Waals surface area contributed by atoms with E-state index in [1.165, 1.54) is 11.3 Å². The molecule has 0 bridgehead atoms. The lowest BCUT2D eigenvalue weighted by Crippen LogP contribution is -2.34. The van der Waals surface area contributed by atoms with Crippen molar-refractivity contribution in [3.8, 4) is 5.75 Å².